The minimum atomic E-state index is -0.114. The van der Waals surface area contributed by atoms with Crippen molar-refractivity contribution in [2.45, 2.75) is 24.9 Å². The fourth-order valence-electron chi connectivity index (χ4n) is 1.79. The van der Waals surface area contributed by atoms with Crippen LogP contribution in [0, 0.1) is 0 Å². The van der Waals surface area contributed by atoms with Crippen LogP contribution in [0.1, 0.15) is 25.5 Å². The Bertz CT molecular complexity index is 653. The van der Waals surface area contributed by atoms with E-state index in [2.05, 4.69) is 9.97 Å². The summed E-state index contributed by atoms with van der Waals surface area (Å²) < 4.78 is 10.7. The Balaban J connectivity index is 1.84. The largest absolute Gasteiger partial charge is 0.497 e. The molecule has 22 heavy (non-hydrogen) atoms. The highest BCUT2D eigenvalue weighted by molar-refractivity contribution is 7.99. The lowest BCUT2D eigenvalue weighted by Gasteiger charge is -2.08. The van der Waals surface area contributed by atoms with Gasteiger partial charge in [0.1, 0.15) is 11.5 Å². The maximum absolute atomic E-state index is 11.6. The maximum Gasteiger partial charge on any atom is 0.251 e. The molecule has 5 nitrogen and oxygen atoms in total. The summed E-state index contributed by atoms with van der Waals surface area (Å²) in [4.78, 5) is 18.8. The monoisotopic (exact) mass is 320 g/mol. The molecule has 2 aromatic rings. The van der Waals surface area contributed by atoms with Crippen LogP contribution in [0.15, 0.2) is 40.3 Å². The molecule has 0 fully saturated rings. The average Bonchev–Trinajstić information content (AvgIpc) is 2.51. The first-order valence-electron chi connectivity index (χ1n) is 7.09. The van der Waals surface area contributed by atoms with Gasteiger partial charge in [0.05, 0.1) is 19.4 Å². The van der Waals surface area contributed by atoms with Crippen LogP contribution >= 0.6 is 11.8 Å². The summed E-state index contributed by atoms with van der Waals surface area (Å²) in [6.07, 6.45) is 0. The Morgan fingerprint density at radius 2 is 1.91 bits per heavy atom. The van der Waals surface area contributed by atoms with Crippen LogP contribution in [-0.2, 0) is 0 Å². The van der Waals surface area contributed by atoms with Gasteiger partial charge in [0.15, 0.2) is 5.16 Å². The third kappa shape index (κ3) is 4.80. The summed E-state index contributed by atoms with van der Waals surface area (Å²) in [5, 5.41) is 0.634. The van der Waals surface area contributed by atoms with Crippen LogP contribution < -0.4 is 15.0 Å². The van der Waals surface area contributed by atoms with Crippen LogP contribution in [0.2, 0.25) is 0 Å². The van der Waals surface area contributed by atoms with Crippen molar-refractivity contribution in [3.05, 3.63) is 46.4 Å². The van der Waals surface area contributed by atoms with Gasteiger partial charge < -0.3 is 14.5 Å². The van der Waals surface area contributed by atoms with Gasteiger partial charge in [0, 0.05) is 11.8 Å². The second-order valence-electron chi connectivity index (χ2n) is 5.00. The summed E-state index contributed by atoms with van der Waals surface area (Å²) in [6.45, 7) is 4.57. The summed E-state index contributed by atoms with van der Waals surface area (Å²) in [6, 6.07) is 8.98. The Hall–Kier alpha value is -1.95. The van der Waals surface area contributed by atoms with Crippen LogP contribution in [0.3, 0.4) is 0 Å². The lowest BCUT2D eigenvalue weighted by atomic mass is 10.1. The molecule has 0 aliphatic heterocycles. The molecule has 0 unspecified atom stereocenters. The molecule has 0 spiro atoms. The quantitative estimate of drug-likeness (QED) is 0.482. The molecule has 0 saturated heterocycles. The molecule has 0 amide bonds. The first-order valence-corrected chi connectivity index (χ1v) is 8.08. The van der Waals surface area contributed by atoms with E-state index in [9.17, 15) is 4.79 Å². The van der Waals surface area contributed by atoms with E-state index >= 15 is 0 Å². The van der Waals surface area contributed by atoms with E-state index in [-0.39, 0.29) is 11.5 Å². The van der Waals surface area contributed by atoms with Crippen LogP contribution in [0.5, 0.6) is 11.5 Å². The van der Waals surface area contributed by atoms with Gasteiger partial charge in [0.2, 0.25) is 0 Å². The number of benzene rings is 1. The lowest BCUT2D eigenvalue weighted by molar-refractivity contribution is 0.342. The highest BCUT2D eigenvalue weighted by atomic mass is 32.2. The first kappa shape index (κ1) is 16.4. The van der Waals surface area contributed by atoms with Crippen LogP contribution in [0.4, 0.5) is 0 Å². The van der Waals surface area contributed by atoms with Gasteiger partial charge in [-0.1, -0.05) is 25.6 Å². The van der Waals surface area contributed by atoms with E-state index in [1.165, 1.54) is 11.8 Å². The molecule has 2 rings (SSSR count). The zero-order valence-corrected chi connectivity index (χ0v) is 13.8. The van der Waals surface area contributed by atoms with E-state index in [1.807, 2.05) is 38.1 Å². The summed E-state index contributed by atoms with van der Waals surface area (Å²) in [5.41, 5.74) is 0.694. The number of nitrogens with one attached hydrogen (secondary N) is 1. The van der Waals surface area contributed by atoms with Gasteiger partial charge in [0.25, 0.3) is 5.56 Å². The number of hydrogen-bond donors (Lipinski definition) is 1. The van der Waals surface area contributed by atoms with Crippen molar-refractivity contribution < 1.29 is 9.47 Å². The predicted octanol–water partition coefficient (Wildman–Crippen LogP) is 3.07. The molecule has 0 atom stereocenters. The van der Waals surface area contributed by atoms with Gasteiger partial charge in [-0.15, -0.1) is 0 Å². The summed E-state index contributed by atoms with van der Waals surface area (Å²) in [5.74, 6) is 2.53. The number of aromatic nitrogens is 2. The third-order valence-electron chi connectivity index (χ3n) is 2.98. The minimum Gasteiger partial charge on any atom is -0.497 e. The third-order valence-corrected chi connectivity index (χ3v) is 3.82. The SMILES string of the molecule is COc1ccc(OCCSc2nc(C(C)C)cc(=O)[nH]2)cc1. The number of H-pyrrole nitrogens is 1. The molecule has 0 bridgehead atoms. The first-order chi connectivity index (χ1) is 10.6. The number of rotatable bonds is 7. The Labute approximate surface area is 134 Å². The highest BCUT2D eigenvalue weighted by Crippen LogP contribution is 2.18. The van der Waals surface area contributed by atoms with Crippen molar-refractivity contribution in [3.8, 4) is 11.5 Å². The fraction of sp³-hybridized carbons (Fsp3) is 0.375. The average molecular weight is 320 g/mol. The number of thioether (sulfide) groups is 1. The Morgan fingerprint density at radius 1 is 1.23 bits per heavy atom. The second-order valence-corrected chi connectivity index (χ2v) is 6.09. The van der Waals surface area contributed by atoms with Crippen LogP contribution in [-0.4, -0.2) is 29.4 Å². The lowest BCUT2D eigenvalue weighted by Crippen LogP contribution is -2.11. The van der Waals surface area contributed by atoms with Gasteiger partial charge in [-0.3, -0.25) is 4.79 Å². The second kappa shape index (κ2) is 7.89. The zero-order chi connectivity index (χ0) is 15.9. The van der Waals surface area contributed by atoms with Crippen molar-refractivity contribution in [2.75, 3.05) is 19.5 Å². The van der Waals surface area contributed by atoms with E-state index < -0.39 is 0 Å². The standard InChI is InChI=1S/C16H20N2O3S/c1-11(2)14-10-15(19)18-16(17-14)22-9-8-21-13-6-4-12(20-3)5-7-13/h4-7,10-11H,8-9H2,1-3H3,(H,17,18,19). The van der Waals surface area contributed by atoms with Crippen molar-refractivity contribution in [2.24, 2.45) is 0 Å². The van der Waals surface area contributed by atoms with Crippen molar-refractivity contribution in [1.29, 1.82) is 0 Å². The molecule has 6 heteroatoms. The summed E-state index contributed by atoms with van der Waals surface area (Å²) in [7, 11) is 1.63. The topological polar surface area (TPSA) is 64.2 Å². The number of methoxy groups -OCH3 is 1. The molecule has 118 valence electrons. The van der Waals surface area contributed by atoms with E-state index in [0.29, 0.717) is 17.5 Å². The van der Waals surface area contributed by atoms with Gasteiger partial charge >= 0.3 is 0 Å². The number of ether oxygens (including phenoxy) is 2. The maximum atomic E-state index is 11.6. The number of nitrogens with zero attached hydrogens (tertiary/aromatic N) is 1. The van der Waals surface area contributed by atoms with Gasteiger partial charge in [-0.2, -0.15) is 0 Å². The van der Waals surface area contributed by atoms with Gasteiger partial charge in [-0.25, -0.2) is 4.98 Å². The molecular formula is C16H20N2O3S. The Kier molecular flexibility index (Phi) is 5.89. The predicted molar refractivity (Wildman–Crippen MR) is 88.2 cm³/mol. The van der Waals surface area contributed by atoms with E-state index in [0.717, 1.165) is 17.2 Å². The molecule has 0 aliphatic carbocycles. The number of hydrogen-bond acceptors (Lipinski definition) is 5. The molecule has 1 aromatic heterocycles. The molecule has 0 saturated carbocycles. The molecule has 1 aromatic carbocycles. The molecule has 0 radical (unpaired) electrons. The molecule has 0 aliphatic rings. The molecule has 1 heterocycles. The van der Waals surface area contributed by atoms with Crippen molar-refractivity contribution in [3.63, 3.8) is 0 Å². The Morgan fingerprint density at radius 3 is 2.55 bits per heavy atom. The zero-order valence-electron chi connectivity index (χ0n) is 13.0. The summed E-state index contributed by atoms with van der Waals surface area (Å²) >= 11 is 1.48. The number of aromatic amines is 1. The van der Waals surface area contributed by atoms with Crippen molar-refractivity contribution in [1.82, 2.24) is 9.97 Å². The van der Waals surface area contributed by atoms with Crippen LogP contribution in [0.25, 0.3) is 0 Å². The highest BCUT2D eigenvalue weighted by Gasteiger charge is 2.05. The normalized spacial score (nSPS) is 10.7. The minimum absolute atomic E-state index is 0.114. The smallest absolute Gasteiger partial charge is 0.251 e. The molecule has 1 N–H and O–H groups in total. The van der Waals surface area contributed by atoms with Crippen molar-refractivity contribution >= 4 is 11.8 Å². The van der Waals surface area contributed by atoms with Gasteiger partial charge in [-0.05, 0) is 30.2 Å². The molecular weight excluding hydrogens is 300 g/mol. The van der Waals surface area contributed by atoms with E-state index in [1.54, 1.807) is 13.2 Å². The fourth-order valence-corrected chi connectivity index (χ4v) is 2.49. The van der Waals surface area contributed by atoms with E-state index in [4.69, 9.17) is 9.47 Å².